The zero-order valence-electron chi connectivity index (χ0n) is 18.3. The van der Waals surface area contributed by atoms with Crippen molar-refractivity contribution in [2.24, 2.45) is 0 Å². The van der Waals surface area contributed by atoms with Crippen LogP contribution in [-0.4, -0.2) is 34.6 Å². The molecule has 0 fully saturated rings. The van der Waals surface area contributed by atoms with Gasteiger partial charge < -0.3 is 14.5 Å². The molecule has 9 nitrogen and oxygen atoms in total. The van der Waals surface area contributed by atoms with Gasteiger partial charge in [0.2, 0.25) is 0 Å². The zero-order valence-corrected chi connectivity index (χ0v) is 19.1. The van der Waals surface area contributed by atoms with Crippen LogP contribution < -0.4 is 20.3 Å². The van der Waals surface area contributed by atoms with E-state index in [2.05, 4.69) is 26.3 Å². The number of nitrogens with one attached hydrogen (secondary N) is 2. The summed E-state index contributed by atoms with van der Waals surface area (Å²) in [6.45, 7) is 1.68. The molecule has 0 aliphatic heterocycles. The highest BCUT2D eigenvalue weighted by Gasteiger charge is 2.12. The number of aryl methyl sites for hydroxylation is 1. The van der Waals surface area contributed by atoms with E-state index >= 15 is 0 Å². The van der Waals surface area contributed by atoms with E-state index in [9.17, 15) is 14.9 Å². The van der Waals surface area contributed by atoms with Gasteiger partial charge in [0, 0.05) is 11.6 Å². The van der Waals surface area contributed by atoms with E-state index < -0.39 is 0 Å². The lowest BCUT2D eigenvalue weighted by Gasteiger charge is -2.11. The third-order valence-corrected chi connectivity index (χ3v) is 5.46. The number of aromatic amines is 1. The number of aromatic nitrogens is 3. The first kappa shape index (κ1) is 22.7. The van der Waals surface area contributed by atoms with Gasteiger partial charge in [0.25, 0.3) is 11.5 Å². The molecule has 2 heterocycles. The standard InChI is InChI=1S/C24H19N5O4S/c1-14-3-5-17-18(9-14)27-22(29-23(17)31)16(12-25)10-15-4-6-19(20(11-15)32-2)33-13-21(30)28-24-26-7-8-34-24/h3-11H,13H2,1-2H3,(H,26,28,30)(H,27,29,31). The third-order valence-electron chi connectivity index (χ3n) is 4.77. The molecule has 1 amide bonds. The van der Waals surface area contributed by atoms with Gasteiger partial charge in [-0.15, -0.1) is 11.3 Å². The fourth-order valence-corrected chi connectivity index (χ4v) is 3.72. The van der Waals surface area contributed by atoms with Crippen molar-refractivity contribution in [2.45, 2.75) is 6.92 Å². The molecule has 0 spiro atoms. The van der Waals surface area contributed by atoms with Gasteiger partial charge in [0.15, 0.2) is 29.1 Å². The average Bonchev–Trinajstić information content (AvgIpc) is 3.34. The molecule has 4 rings (SSSR count). The van der Waals surface area contributed by atoms with Crippen molar-refractivity contribution in [3.8, 4) is 17.6 Å². The summed E-state index contributed by atoms with van der Waals surface area (Å²) in [5.41, 5.74) is 1.95. The van der Waals surface area contributed by atoms with Crippen molar-refractivity contribution in [2.75, 3.05) is 19.0 Å². The first-order valence-electron chi connectivity index (χ1n) is 10.1. The highest BCUT2D eigenvalue weighted by Crippen LogP contribution is 2.29. The Balaban J connectivity index is 1.57. The van der Waals surface area contributed by atoms with Gasteiger partial charge in [-0.3, -0.25) is 14.9 Å². The second-order valence-corrected chi connectivity index (χ2v) is 8.08. The van der Waals surface area contributed by atoms with Gasteiger partial charge in [-0.1, -0.05) is 12.1 Å². The van der Waals surface area contributed by atoms with Crippen LogP contribution in [0.3, 0.4) is 0 Å². The predicted octanol–water partition coefficient (Wildman–Crippen LogP) is 3.78. The van der Waals surface area contributed by atoms with Crippen LogP contribution in [0, 0.1) is 18.3 Å². The largest absolute Gasteiger partial charge is 0.493 e. The molecule has 0 bridgehead atoms. The number of rotatable bonds is 7. The highest BCUT2D eigenvalue weighted by atomic mass is 32.1. The summed E-state index contributed by atoms with van der Waals surface area (Å²) >= 11 is 1.31. The number of ether oxygens (including phenoxy) is 2. The van der Waals surface area contributed by atoms with Gasteiger partial charge in [-0.25, -0.2) is 9.97 Å². The van der Waals surface area contributed by atoms with E-state index in [1.54, 1.807) is 48.0 Å². The van der Waals surface area contributed by atoms with Crippen LogP contribution in [0.4, 0.5) is 5.13 Å². The van der Waals surface area contributed by atoms with Crippen LogP contribution in [0.2, 0.25) is 0 Å². The number of allylic oxidation sites excluding steroid dienone is 1. The molecule has 0 unspecified atom stereocenters. The van der Waals surface area contributed by atoms with Crippen molar-refractivity contribution in [3.63, 3.8) is 0 Å². The monoisotopic (exact) mass is 473 g/mol. The first-order valence-corrected chi connectivity index (χ1v) is 11.0. The number of thiazole rings is 1. The van der Waals surface area contributed by atoms with E-state index in [1.807, 2.05) is 13.0 Å². The Morgan fingerprint density at radius 3 is 2.85 bits per heavy atom. The Morgan fingerprint density at radius 2 is 2.12 bits per heavy atom. The predicted molar refractivity (Wildman–Crippen MR) is 130 cm³/mol. The maximum atomic E-state index is 12.5. The molecule has 10 heteroatoms. The second kappa shape index (κ2) is 9.97. The van der Waals surface area contributed by atoms with Gasteiger partial charge in [-0.2, -0.15) is 5.26 Å². The summed E-state index contributed by atoms with van der Waals surface area (Å²) in [4.78, 5) is 35.6. The maximum Gasteiger partial charge on any atom is 0.264 e. The number of methoxy groups -OCH3 is 1. The number of nitrogens with zero attached hydrogens (tertiary/aromatic N) is 3. The fourth-order valence-electron chi connectivity index (χ4n) is 3.17. The number of hydrogen-bond donors (Lipinski definition) is 2. The van der Waals surface area contributed by atoms with Crippen molar-refractivity contribution in [1.29, 1.82) is 5.26 Å². The smallest absolute Gasteiger partial charge is 0.264 e. The molecular weight excluding hydrogens is 454 g/mol. The van der Waals surface area contributed by atoms with Crippen LogP contribution in [0.1, 0.15) is 17.0 Å². The number of carbonyl (C=O) groups is 1. The van der Waals surface area contributed by atoms with E-state index in [1.165, 1.54) is 18.4 Å². The third kappa shape index (κ3) is 5.11. The molecule has 170 valence electrons. The summed E-state index contributed by atoms with van der Waals surface area (Å²) < 4.78 is 11.0. The van der Waals surface area contributed by atoms with Crippen molar-refractivity contribution < 1.29 is 14.3 Å². The number of fused-ring (bicyclic) bond motifs is 1. The molecular formula is C24H19N5O4S. The summed E-state index contributed by atoms with van der Waals surface area (Å²) in [5.74, 6) is 0.557. The minimum atomic E-state index is -0.352. The number of hydrogen-bond acceptors (Lipinski definition) is 8. The number of nitriles is 1. The van der Waals surface area contributed by atoms with Crippen molar-refractivity contribution in [3.05, 3.63) is 75.3 Å². The molecule has 2 aromatic carbocycles. The molecule has 34 heavy (non-hydrogen) atoms. The number of benzene rings is 2. The number of amides is 1. The van der Waals surface area contributed by atoms with Gasteiger partial charge >= 0.3 is 0 Å². The van der Waals surface area contributed by atoms with Gasteiger partial charge in [0.05, 0.1) is 23.6 Å². The van der Waals surface area contributed by atoms with Crippen molar-refractivity contribution in [1.82, 2.24) is 15.0 Å². The molecule has 0 saturated heterocycles. The Bertz CT molecular complexity index is 1490. The summed E-state index contributed by atoms with van der Waals surface area (Å²) in [5, 5.41) is 15.0. The van der Waals surface area contributed by atoms with E-state index in [0.717, 1.165) is 5.56 Å². The summed E-state index contributed by atoms with van der Waals surface area (Å²) in [7, 11) is 1.47. The number of carbonyl (C=O) groups excluding carboxylic acids is 1. The topological polar surface area (TPSA) is 130 Å². The molecule has 4 aromatic rings. The lowest BCUT2D eigenvalue weighted by Crippen LogP contribution is -2.20. The SMILES string of the molecule is COc1cc(C=C(C#N)c2nc3cc(C)ccc3c(=O)[nH]2)ccc1OCC(=O)Nc1nccs1. The second-order valence-electron chi connectivity index (χ2n) is 7.19. The minimum absolute atomic E-state index is 0.170. The van der Waals surface area contributed by atoms with E-state index in [0.29, 0.717) is 33.1 Å². The molecule has 2 aromatic heterocycles. The Hall–Kier alpha value is -4.49. The Labute approximate surface area is 198 Å². The molecule has 0 atom stereocenters. The number of H-pyrrole nitrogens is 1. The normalized spacial score (nSPS) is 11.1. The lowest BCUT2D eigenvalue weighted by atomic mass is 10.1. The van der Waals surface area contributed by atoms with Crippen LogP contribution in [0.25, 0.3) is 22.6 Å². The zero-order chi connectivity index (χ0) is 24.1. The molecule has 0 aliphatic carbocycles. The Morgan fingerprint density at radius 1 is 1.26 bits per heavy atom. The number of anilines is 1. The summed E-state index contributed by atoms with van der Waals surface area (Å²) in [6.07, 6.45) is 3.18. The van der Waals surface area contributed by atoms with Crippen LogP contribution in [0.15, 0.2) is 52.8 Å². The molecule has 2 N–H and O–H groups in total. The highest BCUT2D eigenvalue weighted by molar-refractivity contribution is 7.13. The van der Waals surface area contributed by atoms with Crippen LogP contribution in [0.5, 0.6) is 11.5 Å². The quantitative estimate of drug-likeness (QED) is 0.391. The lowest BCUT2D eigenvalue weighted by molar-refractivity contribution is -0.118. The van der Waals surface area contributed by atoms with Crippen molar-refractivity contribution >= 4 is 44.9 Å². The van der Waals surface area contributed by atoms with Gasteiger partial charge in [0.1, 0.15) is 6.07 Å². The molecule has 0 aliphatic rings. The maximum absolute atomic E-state index is 12.5. The average molecular weight is 474 g/mol. The minimum Gasteiger partial charge on any atom is -0.493 e. The molecule has 0 saturated carbocycles. The fraction of sp³-hybridized carbons (Fsp3) is 0.125. The first-order chi connectivity index (χ1) is 16.5. The van der Waals surface area contributed by atoms with E-state index in [-0.39, 0.29) is 29.5 Å². The summed E-state index contributed by atoms with van der Waals surface area (Å²) in [6, 6.07) is 12.4. The van der Waals surface area contributed by atoms with Crippen LogP contribution >= 0.6 is 11.3 Å². The molecule has 0 radical (unpaired) electrons. The Kier molecular flexibility index (Phi) is 6.66. The van der Waals surface area contributed by atoms with E-state index in [4.69, 9.17) is 9.47 Å². The van der Waals surface area contributed by atoms with Crippen LogP contribution in [-0.2, 0) is 4.79 Å². The van der Waals surface area contributed by atoms with Gasteiger partial charge in [-0.05, 0) is 48.4 Å².